The van der Waals surface area contributed by atoms with E-state index in [-0.39, 0.29) is 38.1 Å². The van der Waals surface area contributed by atoms with Gasteiger partial charge in [-0.15, -0.1) is 0 Å². The number of alkyl halides is 2. The van der Waals surface area contributed by atoms with Gasteiger partial charge in [-0.2, -0.15) is 0 Å². The van der Waals surface area contributed by atoms with Gasteiger partial charge >= 0.3 is 0 Å². The number of carbonyl (C=O) groups excluding carboxylic acids is 1. The minimum Gasteiger partial charge on any atom is -0.361 e. The van der Waals surface area contributed by atoms with E-state index in [4.69, 9.17) is 23.2 Å². The summed E-state index contributed by atoms with van der Waals surface area (Å²) in [6.45, 7) is 0.215. The van der Waals surface area contributed by atoms with E-state index in [1.165, 1.54) is 0 Å². The molecule has 1 amide bonds. The number of amides is 1. The van der Waals surface area contributed by atoms with Crippen LogP contribution in [0.5, 0.6) is 0 Å². The molecule has 1 saturated carbocycles. The van der Waals surface area contributed by atoms with E-state index in [1.54, 1.807) is 42.7 Å². The number of aromatic nitrogens is 2. The topological polar surface area (TPSA) is 57.8 Å². The molecule has 8 heteroatoms. The Hall–Kier alpha value is -2.18. The molecule has 1 fully saturated rings. The lowest BCUT2D eigenvalue weighted by molar-refractivity contribution is -0.0516. The monoisotopic (exact) mass is 437 g/mol. The Balaban J connectivity index is 1.58. The molecule has 1 aliphatic carbocycles. The van der Waals surface area contributed by atoms with Gasteiger partial charge in [0.2, 0.25) is 5.92 Å². The molecule has 152 valence electrons. The van der Waals surface area contributed by atoms with Crippen molar-refractivity contribution in [3.63, 3.8) is 0 Å². The van der Waals surface area contributed by atoms with E-state index in [9.17, 15) is 13.6 Å². The van der Waals surface area contributed by atoms with E-state index in [2.05, 4.69) is 15.3 Å². The standard InChI is InChI=1S/C21H19Cl2F2N3O/c22-17-4-1-13(11-27-17)20(6-8-21(24,25)9-7-20)12-28-19(29)15-2-3-16-14(18(15)23)5-10-26-16/h1-5,10-11,26H,6-9,12H2,(H,28,29). The van der Waals surface area contributed by atoms with E-state index in [0.29, 0.717) is 15.7 Å². The van der Waals surface area contributed by atoms with Gasteiger partial charge in [0.05, 0.1) is 10.6 Å². The second-order valence-corrected chi connectivity index (χ2v) is 8.32. The summed E-state index contributed by atoms with van der Waals surface area (Å²) in [5.74, 6) is -3.02. The number of hydrogen-bond donors (Lipinski definition) is 2. The van der Waals surface area contributed by atoms with Crippen LogP contribution in [0.15, 0.2) is 42.7 Å². The molecule has 2 aromatic heterocycles. The van der Waals surface area contributed by atoms with E-state index in [0.717, 1.165) is 16.5 Å². The predicted molar refractivity (Wildman–Crippen MR) is 110 cm³/mol. The largest absolute Gasteiger partial charge is 0.361 e. The maximum Gasteiger partial charge on any atom is 0.252 e. The summed E-state index contributed by atoms with van der Waals surface area (Å²) in [4.78, 5) is 20.0. The fourth-order valence-corrected chi connectivity index (χ4v) is 4.39. The van der Waals surface area contributed by atoms with Crippen LogP contribution < -0.4 is 5.32 Å². The highest BCUT2D eigenvalue weighted by molar-refractivity contribution is 6.38. The van der Waals surface area contributed by atoms with Crippen molar-refractivity contribution in [2.45, 2.75) is 37.0 Å². The van der Waals surface area contributed by atoms with Gasteiger partial charge < -0.3 is 10.3 Å². The van der Waals surface area contributed by atoms with Crippen LogP contribution >= 0.6 is 23.2 Å². The van der Waals surface area contributed by atoms with Gasteiger partial charge in [-0.25, -0.2) is 13.8 Å². The quantitative estimate of drug-likeness (QED) is 0.510. The molecule has 2 heterocycles. The molecule has 0 bridgehead atoms. The van der Waals surface area contributed by atoms with Gasteiger partial charge in [-0.05, 0) is 42.7 Å². The molecular formula is C21H19Cl2F2N3O. The number of hydrogen-bond acceptors (Lipinski definition) is 2. The Kier molecular flexibility index (Phi) is 5.25. The normalized spacial score (nSPS) is 17.9. The second-order valence-electron chi connectivity index (χ2n) is 7.55. The minimum absolute atomic E-state index is 0.215. The van der Waals surface area contributed by atoms with Crippen molar-refractivity contribution in [2.24, 2.45) is 0 Å². The van der Waals surface area contributed by atoms with Crippen molar-refractivity contribution >= 4 is 40.0 Å². The molecule has 0 aliphatic heterocycles. The van der Waals surface area contributed by atoms with E-state index in [1.807, 2.05) is 0 Å². The highest BCUT2D eigenvalue weighted by Gasteiger charge is 2.44. The molecule has 29 heavy (non-hydrogen) atoms. The van der Waals surface area contributed by atoms with Crippen LogP contribution in [0.25, 0.3) is 10.9 Å². The zero-order valence-corrected chi connectivity index (χ0v) is 17.0. The lowest BCUT2D eigenvalue weighted by Crippen LogP contribution is -2.45. The third-order valence-corrected chi connectivity index (χ3v) is 6.41. The lowest BCUT2D eigenvalue weighted by atomic mass is 9.68. The SMILES string of the molecule is O=C(NCC1(c2ccc(Cl)nc2)CCC(F)(F)CC1)c1ccc2[nH]ccc2c1Cl. The lowest BCUT2D eigenvalue weighted by Gasteiger charge is -2.40. The first-order chi connectivity index (χ1) is 13.8. The fraction of sp³-hybridized carbons (Fsp3) is 0.333. The Morgan fingerprint density at radius 2 is 1.86 bits per heavy atom. The van der Waals surface area contributed by atoms with Crippen molar-refractivity contribution in [2.75, 3.05) is 6.54 Å². The molecular weight excluding hydrogens is 419 g/mol. The van der Waals surface area contributed by atoms with Crippen LogP contribution in [0.2, 0.25) is 10.2 Å². The number of carbonyl (C=O) groups is 1. The van der Waals surface area contributed by atoms with Gasteiger partial charge in [0.1, 0.15) is 5.15 Å². The highest BCUT2D eigenvalue weighted by atomic mass is 35.5. The number of halogens is 4. The number of nitrogens with one attached hydrogen (secondary N) is 2. The third kappa shape index (κ3) is 3.96. The number of aromatic amines is 1. The first-order valence-electron chi connectivity index (χ1n) is 9.33. The second kappa shape index (κ2) is 7.58. The van der Waals surface area contributed by atoms with Crippen molar-refractivity contribution in [3.8, 4) is 0 Å². The maximum absolute atomic E-state index is 13.8. The Morgan fingerprint density at radius 3 is 2.55 bits per heavy atom. The molecule has 0 atom stereocenters. The average Bonchev–Trinajstić information content (AvgIpc) is 3.18. The molecule has 0 spiro atoms. The summed E-state index contributed by atoms with van der Waals surface area (Å²) in [6.07, 6.45) is 3.38. The predicted octanol–water partition coefficient (Wildman–Crippen LogP) is 5.75. The van der Waals surface area contributed by atoms with Gasteiger partial charge in [-0.3, -0.25) is 4.79 Å². The Labute approximate surface area is 176 Å². The van der Waals surface area contributed by atoms with Gasteiger partial charge in [0.15, 0.2) is 0 Å². The molecule has 0 saturated heterocycles. The third-order valence-electron chi connectivity index (χ3n) is 5.78. The summed E-state index contributed by atoms with van der Waals surface area (Å²) >= 11 is 12.3. The molecule has 0 unspecified atom stereocenters. The van der Waals surface area contributed by atoms with Crippen LogP contribution in [-0.2, 0) is 5.41 Å². The Morgan fingerprint density at radius 1 is 1.10 bits per heavy atom. The van der Waals surface area contributed by atoms with Crippen LogP contribution in [0, 0.1) is 0 Å². The number of pyridine rings is 1. The highest BCUT2D eigenvalue weighted by Crippen LogP contribution is 2.45. The molecule has 2 N–H and O–H groups in total. The zero-order chi connectivity index (χ0) is 20.6. The number of H-pyrrole nitrogens is 1. The molecule has 4 rings (SSSR count). The number of fused-ring (bicyclic) bond motifs is 1. The molecule has 1 aliphatic rings. The number of rotatable bonds is 4. The van der Waals surface area contributed by atoms with E-state index < -0.39 is 11.3 Å². The summed E-state index contributed by atoms with van der Waals surface area (Å²) < 4.78 is 27.6. The van der Waals surface area contributed by atoms with Crippen LogP contribution in [0.3, 0.4) is 0 Å². The van der Waals surface area contributed by atoms with Crippen molar-refractivity contribution < 1.29 is 13.6 Å². The van der Waals surface area contributed by atoms with Crippen LogP contribution in [0.1, 0.15) is 41.6 Å². The van der Waals surface area contributed by atoms with Crippen molar-refractivity contribution in [1.29, 1.82) is 0 Å². The molecule has 4 nitrogen and oxygen atoms in total. The zero-order valence-electron chi connectivity index (χ0n) is 15.4. The summed E-state index contributed by atoms with van der Waals surface area (Å²) in [7, 11) is 0. The average molecular weight is 438 g/mol. The Bertz CT molecular complexity index is 1040. The summed E-state index contributed by atoms with van der Waals surface area (Å²) in [5.41, 5.74) is 1.36. The number of benzene rings is 1. The maximum atomic E-state index is 13.8. The molecule has 1 aromatic carbocycles. The summed E-state index contributed by atoms with van der Waals surface area (Å²) in [5, 5.41) is 4.36. The van der Waals surface area contributed by atoms with E-state index >= 15 is 0 Å². The van der Waals surface area contributed by atoms with Crippen LogP contribution in [0.4, 0.5) is 8.78 Å². The molecule has 0 radical (unpaired) electrons. The minimum atomic E-state index is -2.68. The van der Waals surface area contributed by atoms with Gasteiger partial charge in [-0.1, -0.05) is 29.3 Å². The fourth-order valence-electron chi connectivity index (χ4n) is 3.97. The van der Waals surface area contributed by atoms with Crippen LogP contribution in [-0.4, -0.2) is 28.3 Å². The van der Waals surface area contributed by atoms with Gasteiger partial charge in [0.25, 0.3) is 5.91 Å². The van der Waals surface area contributed by atoms with Crippen molar-refractivity contribution in [3.05, 3.63) is 64.0 Å². The number of nitrogens with zero attached hydrogens (tertiary/aromatic N) is 1. The molecule has 3 aromatic rings. The first kappa shape index (κ1) is 20.1. The smallest absolute Gasteiger partial charge is 0.252 e. The van der Waals surface area contributed by atoms with Crippen molar-refractivity contribution in [1.82, 2.24) is 15.3 Å². The summed E-state index contributed by atoms with van der Waals surface area (Å²) in [6, 6.07) is 8.68. The first-order valence-corrected chi connectivity index (χ1v) is 10.1. The van der Waals surface area contributed by atoms with Gasteiger partial charge in [0, 0.05) is 48.1 Å².